The van der Waals surface area contributed by atoms with E-state index in [9.17, 15) is 8.42 Å². The van der Waals surface area contributed by atoms with E-state index in [1.807, 2.05) is 12.1 Å². The van der Waals surface area contributed by atoms with Crippen molar-refractivity contribution in [3.05, 3.63) is 29.8 Å². The van der Waals surface area contributed by atoms with Gasteiger partial charge in [-0.2, -0.15) is 0 Å². The summed E-state index contributed by atoms with van der Waals surface area (Å²) >= 11 is 0. The van der Waals surface area contributed by atoms with E-state index in [0.29, 0.717) is 6.04 Å². The number of nitrogens with two attached hydrogens (primary N) is 1. The highest BCUT2D eigenvalue weighted by Gasteiger charge is 2.17. The number of piperidine rings is 1. The van der Waals surface area contributed by atoms with E-state index in [-0.39, 0.29) is 4.90 Å². The molecule has 0 spiro atoms. The van der Waals surface area contributed by atoms with Gasteiger partial charge in [-0.05, 0) is 56.6 Å². The molecule has 1 aliphatic rings. The Kier molecular flexibility index (Phi) is 5.75. The lowest BCUT2D eigenvalue weighted by Crippen LogP contribution is -2.42. The average Bonchev–Trinajstić information content (AvgIpc) is 2.46. The predicted octanol–water partition coefficient (Wildman–Crippen LogP) is 1.30. The van der Waals surface area contributed by atoms with Gasteiger partial charge in [0, 0.05) is 12.6 Å². The second kappa shape index (κ2) is 7.35. The largest absolute Gasteiger partial charge is 0.310 e. The van der Waals surface area contributed by atoms with Gasteiger partial charge in [-0.1, -0.05) is 19.1 Å². The minimum absolute atomic E-state index is 0.166. The maximum Gasteiger partial charge on any atom is 0.238 e. The first-order valence-electron chi connectivity index (χ1n) is 7.56. The molecule has 0 bridgehead atoms. The van der Waals surface area contributed by atoms with Crippen LogP contribution in [0.2, 0.25) is 0 Å². The van der Waals surface area contributed by atoms with Crippen molar-refractivity contribution in [2.45, 2.75) is 43.7 Å². The van der Waals surface area contributed by atoms with Crippen LogP contribution < -0.4 is 10.5 Å². The molecular weight excluding hydrogens is 286 g/mol. The third-order valence-corrected chi connectivity index (χ3v) is 4.90. The summed E-state index contributed by atoms with van der Waals surface area (Å²) in [6, 6.07) is 7.32. The third-order valence-electron chi connectivity index (χ3n) is 3.97. The number of likely N-dealkylation sites (tertiary alicyclic amines) is 1. The predicted molar refractivity (Wildman–Crippen MR) is 84.4 cm³/mol. The molecule has 1 heterocycles. The van der Waals surface area contributed by atoms with Crippen molar-refractivity contribution >= 4 is 10.0 Å². The van der Waals surface area contributed by atoms with Gasteiger partial charge in [0.05, 0.1) is 4.90 Å². The zero-order valence-electron chi connectivity index (χ0n) is 12.6. The van der Waals surface area contributed by atoms with Crippen LogP contribution in [0, 0.1) is 0 Å². The fourth-order valence-corrected chi connectivity index (χ4v) is 3.25. The van der Waals surface area contributed by atoms with Crippen LogP contribution in [0.4, 0.5) is 0 Å². The van der Waals surface area contributed by atoms with E-state index in [0.717, 1.165) is 25.2 Å². The summed E-state index contributed by atoms with van der Waals surface area (Å²) in [6.45, 7) is 6.51. The van der Waals surface area contributed by atoms with Crippen LogP contribution in [0.15, 0.2) is 29.2 Å². The molecule has 2 rings (SSSR count). The fraction of sp³-hybridized carbons (Fsp3) is 0.600. The molecule has 1 aromatic rings. The second-order valence-electron chi connectivity index (χ2n) is 5.69. The van der Waals surface area contributed by atoms with Gasteiger partial charge in [-0.15, -0.1) is 0 Å². The van der Waals surface area contributed by atoms with Crippen molar-refractivity contribution in [3.8, 4) is 0 Å². The molecule has 1 fully saturated rings. The molecule has 0 radical (unpaired) electrons. The van der Waals surface area contributed by atoms with E-state index in [1.165, 1.54) is 25.8 Å². The van der Waals surface area contributed by atoms with Crippen molar-refractivity contribution in [3.63, 3.8) is 0 Å². The average molecular weight is 311 g/mol. The van der Waals surface area contributed by atoms with Crippen LogP contribution in [-0.2, 0) is 16.6 Å². The highest BCUT2D eigenvalue weighted by atomic mass is 32.2. The molecule has 0 saturated carbocycles. The van der Waals surface area contributed by atoms with Crippen molar-refractivity contribution in [2.24, 2.45) is 5.14 Å². The van der Waals surface area contributed by atoms with Gasteiger partial charge in [0.15, 0.2) is 0 Å². The molecule has 21 heavy (non-hydrogen) atoms. The summed E-state index contributed by atoms with van der Waals surface area (Å²) in [6.07, 6.45) is 3.57. The molecule has 118 valence electrons. The Balaban J connectivity index is 1.79. The number of benzene rings is 1. The summed E-state index contributed by atoms with van der Waals surface area (Å²) in [5, 5.41) is 8.64. The molecule has 0 unspecified atom stereocenters. The Morgan fingerprint density at radius 1 is 1.24 bits per heavy atom. The third kappa shape index (κ3) is 5.07. The zero-order valence-corrected chi connectivity index (χ0v) is 13.4. The number of hydrogen-bond acceptors (Lipinski definition) is 4. The van der Waals surface area contributed by atoms with Crippen LogP contribution in [0.3, 0.4) is 0 Å². The Morgan fingerprint density at radius 3 is 2.38 bits per heavy atom. The lowest BCUT2D eigenvalue weighted by atomic mass is 10.0. The molecule has 0 amide bonds. The minimum atomic E-state index is -3.59. The Bertz CT molecular complexity index is 535. The second-order valence-corrected chi connectivity index (χ2v) is 7.25. The van der Waals surface area contributed by atoms with Gasteiger partial charge in [0.2, 0.25) is 10.0 Å². The van der Waals surface area contributed by atoms with Crippen LogP contribution >= 0.6 is 0 Å². The molecule has 0 aliphatic carbocycles. The first-order chi connectivity index (χ1) is 9.99. The normalized spacial score (nSPS) is 18.0. The van der Waals surface area contributed by atoms with Crippen LogP contribution in [0.1, 0.15) is 31.7 Å². The van der Waals surface area contributed by atoms with Gasteiger partial charge < -0.3 is 10.2 Å². The summed E-state index contributed by atoms with van der Waals surface area (Å²) < 4.78 is 22.4. The highest BCUT2D eigenvalue weighted by molar-refractivity contribution is 7.89. The van der Waals surface area contributed by atoms with Crippen LogP contribution in [0.5, 0.6) is 0 Å². The van der Waals surface area contributed by atoms with E-state index in [4.69, 9.17) is 5.14 Å². The topological polar surface area (TPSA) is 75.4 Å². The minimum Gasteiger partial charge on any atom is -0.310 e. The SMILES string of the molecule is CCCN1CCC(NCc2ccc(S(N)(=O)=O)cc2)CC1. The van der Waals surface area contributed by atoms with Gasteiger partial charge >= 0.3 is 0 Å². The van der Waals surface area contributed by atoms with Crippen LogP contribution in [0.25, 0.3) is 0 Å². The maximum atomic E-state index is 11.2. The van der Waals surface area contributed by atoms with E-state index in [1.54, 1.807) is 12.1 Å². The smallest absolute Gasteiger partial charge is 0.238 e. The van der Waals surface area contributed by atoms with Crippen molar-refractivity contribution in [1.29, 1.82) is 0 Å². The molecule has 5 nitrogen and oxygen atoms in total. The molecule has 1 aromatic carbocycles. The summed E-state index contributed by atoms with van der Waals surface area (Å²) in [5.41, 5.74) is 1.08. The molecule has 6 heteroatoms. The number of rotatable bonds is 6. The molecule has 1 saturated heterocycles. The Labute approximate surface area is 127 Å². The van der Waals surface area contributed by atoms with E-state index >= 15 is 0 Å². The first-order valence-corrected chi connectivity index (χ1v) is 9.11. The van der Waals surface area contributed by atoms with Crippen LogP contribution in [-0.4, -0.2) is 39.0 Å². The first kappa shape index (κ1) is 16.4. The lowest BCUT2D eigenvalue weighted by molar-refractivity contribution is 0.197. The number of sulfonamides is 1. The maximum absolute atomic E-state index is 11.2. The number of nitrogens with one attached hydrogen (secondary N) is 1. The zero-order chi connectivity index (χ0) is 15.3. The Morgan fingerprint density at radius 2 is 1.86 bits per heavy atom. The quantitative estimate of drug-likeness (QED) is 0.830. The molecular formula is C15H25N3O2S. The highest BCUT2D eigenvalue weighted by Crippen LogP contribution is 2.13. The molecule has 0 aromatic heterocycles. The summed E-state index contributed by atoms with van der Waals surface area (Å²) in [4.78, 5) is 2.68. The van der Waals surface area contributed by atoms with Gasteiger partial charge in [-0.3, -0.25) is 0 Å². The molecule has 0 atom stereocenters. The molecule has 1 aliphatic heterocycles. The monoisotopic (exact) mass is 311 g/mol. The van der Waals surface area contributed by atoms with E-state index < -0.39 is 10.0 Å². The summed E-state index contributed by atoms with van der Waals surface area (Å²) in [7, 11) is -3.59. The lowest BCUT2D eigenvalue weighted by Gasteiger charge is -2.32. The fourth-order valence-electron chi connectivity index (χ4n) is 2.74. The van der Waals surface area contributed by atoms with Gasteiger partial charge in [-0.25, -0.2) is 13.6 Å². The number of hydrogen-bond donors (Lipinski definition) is 2. The number of nitrogens with zero attached hydrogens (tertiary/aromatic N) is 1. The van der Waals surface area contributed by atoms with Gasteiger partial charge in [0.25, 0.3) is 0 Å². The number of primary sulfonamides is 1. The standard InChI is InChI=1S/C15H25N3O2S/c1-2-9-18-10-7-14(8-11-18)17-12-13-3-5-15(6-4-13)21(16,19)20/h3-6,14,17H,2,7-12H2,1H3,(H2,16,19,20). The van der Waals surface area contributed by atoms with Gasteiger partial charge in [0.1, 0.15) is 0 Å². The van der Waals surface area contributed by atoms with E-state index in [2.05, 4.69) is 17.1 Å². The van der Waals surface area contributed by atoms with Crippen molar-refractivity contribution < 1.29 is 8.42 Å². The van der Waals surface area contributed by atoms with Crippen molar-refractivity contribution in [1.82, 2.24) is 10.2 Å². The molecule has 3 N–H and O–H groups in total. The summed E-state index contributed by atoms with van der Waals surface area (Å²) in [5.74, 6) is 0. The van der Waals surface area contributed by atoms with Crippen molar-refractivity contribution in [2.75, 3.05) is 19.6 Å². The Hall–Kier alpha value is -0.950.